The zero-order valence-electron chi connectivity index (χ0n) is 12.4. The monoisotopic (exact) mass is 312 g/mol. The average molecular weight is 313 g/mol. The van der Waals surface area contributed by atoms with E-state index in [0.29, 0.717) is 31.1 Å². The summed E-state index contributed by atoms with van der Waals surface area (Å²) in [6.45, 7) is 5.59. The van der Waals surface area contributed by atoms with Crippen LogP contribution in [0.1, 0.15) is 37.5 Å². The molecule has 1 saturated heterocycles. The molecule has 1 aromatic carbocycles. The number of halogens is 1. The third kappa shape index (κ3) is 5.30. The van der Waals surface area contributed by atoms with Gasteiger partial charge in [-0.15, -0.1) is 0 Å². The van der Waals surface area contributed by atoms with Gasteiger partial charge in [0.15, 0.2) is 0 Å². The first-order valence-electron chi connectivity index (χ1n) is 7.27. The molecule has 0 aromatic heterocycles. The number of carbonyl (C=O) groups is 1. The predicted molar refractivity (Wildman–Crippen MR) is 80.5 cm³/mol. The molecule has 21 heavy (non-hydrogen) atoms. The summed E-state index contributed by atoms with van der Waals surface area (Å²) in [5, 5.41) is 0.662. The third-order valence-corrected chi connectivity index (χ3v) is 3.62. The molecule has 0 aliphatic carbocycles. The lowest BCUT2D eigenvalue weighted by Gasteiger charge is -2.17. The van der Waals surface area contributed by atoms with E-state index in [1.807, 2.05) is 25.1 Å². The molecule has 2 rings (SSSR count). The summed E-state index contributed by atoms with van der Waals surface area (Å²) >= 11 is 6.06. The molecule has 0 bridgehead atoms. The highest BCUT2D eigenvalue weighted by atomic mass is 35.5. The van der Waals surface area contributed by atoms with Gasteiger partial charge in [0.1, 0.15) is 6.10 Å². The van der Waals surface area contributed by atoms with Gasteiger partial charge in [0.2, 0.25) is 0 Å². The second-order valence-electron chi connectivity index (χ2n) is 5.08. The van der Waals surface area contributed by atoms with E-state index in [9.17, 15) is 4.79 Å². The van der Waals surface area contributed by atoms with Gasteiger partial charge in [-0.2, -0.15) is 0 Å². The van der Waals surface area contributed by atoms with Gasteiger partial charge in [0.25, 0.3) is 0 Å². The van der Waals surface area contributed by atoms with Gasteiger partial charge in [-0.05, 0) is 43.5 Å². The maximum atomic E-state index is 11.5. The normalized spacial score (nSPS) is 18.3. The van der Waals surface area contributed by atoms with Crippen LogP contribution in [0.5, 0.6) is 0 Å². The summed E-state index contributed by atoms with van der Waals surface area (Å²) in [6, 6.07) is 5.70. The van der Waals surface area contributed by atoms with Crippen LogP contribution < -0.4 is 0 Å². The Labute approximate surface area is 130 Å². The molecule has 0 saturated carbocycles. The Hall–Kier alpha value is -1.10. The van der Waals surface area contributed by atoms with Crippen molar-refractivity contribution in [1.29, 1.82) is 0 Å². The van der Waals surface area contributed by atoms with Crippen molar-refractivity contribution in [3.05, 3.63) is 34.3 Å². The topological polar surface area (TPSA) is 48.1 Å². The number of hydrogen-bond donors (Lipinski definition) is 0. The Morgan fingerprint density at radius 3 is 2.95 bits per heavy atom. The molecule has 1 aliphatic heterocycles. The fourth-order valence-electron chi connectivity index (χ4n) is 2.16. The fourth-order valence-corrected chi connectivity index (χ4v) is 2.36. The van der Waals surface area contributed by atoms with Crippen LogP contribution in [0.15, 0.2) is 18.2 Å². The van der Waals surface area contributed by atoms with Crippen LogP contribution in [-0.2, 0) is 25.4 Å². The number of rotatable bonds is 8. The Balaban J connectivity index is 1.99. The van der Waals surface area contributed by atoms with E-state index in [4.69, 9.17) is 25.8 Å². The standard InChI is InChI=1S/C16H21ClO4/c1-3-19-16(18)7-4-12-8-13(17)5-6-15(12)11(2)20-9-14-10-21-14/h5-6,8,11,14H,3-4,7,9-10H2,1-2H3/t11-,14+/m1/s1. The van der Waals surface area contributed by atoms with E-state index < -0.39 is 0 Å². The minimum absolute atomic E-state index is 0.0522. The summed E-state index contributed by atoms with van der Waals surface area (Å²) in [6.07, 6.45) is 1.13. The van der Waals surface area contributed by atoms with Crippen LogP contribution in [0, 0.1) is 0 Å². The number of benzene rings is 1. The molecular formula is C16H21ClO4. The van der Waals surface area contributed by atoms with Gasteiger partial charge in [0.05, 0.1) is 25.9 Å². The minimum atomic E-state index is -0.191. The van der Waals surface area contributed by atoms with Crippen molar-refractivity contribution >= 4 is 17.6 Å². The number of hydrogen-bond acceptors (Lipinski definition) is 4. The lowest BCUT2D eigenvalue weighted by Crippen LogP contribution is -2.10. The number of epoxide rings is 1. The molecule has 0 unspecified atom stereocenters. The van der Waals surface area contributed by atoms with E-state index in [-0.39, 0.29) is 18.2 Å². The van der Waals surface area contributed by atoms with Crippen LogP contribution in [0.4, 0.5) is 0 Å². The lowest BCUT2D eigenvalue weighted by molar-refractivity contribution is -0.143. The van der Waals surface area contributed by atoms with Crippen molar-refractivity contribution in [2.75, 3.05) is 19.8 Å². The molecule has 1 heterocycles. The smallest absolute Gasteiger partial charge is 0.306 e. The highest BCUT2D eigenvalue weighted by Gasteiger charge is 2.24. The first-order valence-corrected chi connectivity index (χ1v) is 7.65. The maximum absolute atomic E-state index is 11.5. The molecule has 0 N–H and O–H groups in total. The van der Waals surface area contributed by atoms with Gasteiger partial charge in [-0.25, -0.2) is 0 Å². The van der Waals surface area contributed by atoms with Gasteiger partial charge >= 0.3 is 5.97 Å². The van der Waals surface area contributed by atoms with Crippen LogP contribution >= 0.6 is 11.6 Å². The molecule has 0 radical (unpaired) electrons. The van der Waals surface area contributed by atoms with Crippen molar-refractivity contribution in [1.82, 2.24) is 0 Å². The van der Waals surface area contributed by atoms with E-state index in [0.717, 1.165) is 17.7 Å². The van der Waals surface area contributed by atoms with Crippen molar-refractivity contribution in [3.8, 4) is 0 Å². The quantitative estimate of drug-likeness (QED) is 0.546. The van der Waals surface area contributed by atoms with Gasteiger partial charge in [-0.1, -0.05) is 17.7 Å². The van der Waals surface area contributed by atoms with Crippen molar-refractivity contribution < 1.29 is 19.0 Å². The molecule has 0 amide bonds. The maximum Gasteiger partial charge on any atom is 0.306 e. The first-order chi connectivity index (χ1) is 10.1. The third-order valence-electron chi connectivity index (χ3n) is 3.38. The second kappa shape index (κ2) is 7.78. The molecular weight excluding hydrogens is 292 g/mol. The van der Waals surface area contributed by atoms with Crippen LogP contribution in [0.2, 0.25) is 5.02 Å². The summed E-state index contributed by atoms with van der Waals surface area (Å²) < 4.78 is 15.9. The number of esters is 1. The van der Waals surface area contributed by atoms with Gasteiger partial charge < -0.3 is 14.2 Å². The fraction of sp³-hybridized carbons (Fsp3) is 0.562. The Kier molecular flexibility index (Phi) is 6.03. The van der Waals surface area contributed by atoms with E-state index in [1.165, 1.54) is 0 Å². The summed E-state index contributed by atoms with van der Waals surface area (Å²) in [5.74, 6) is -0.191. The molecule has 1 aliphatic rings. The molecule has 4 nitrogen and oxygen atoms in total. The number of aryl methyl sites for hydroxylation is 1. The van der Waals surface area contributed by atoms with Crippen LogP contribution in [0.3, 0.4) is 0 Å². The SMILES string of the molecule is CCOC(=O)CCc1cc(Cl)ccc1[C@@H](C)OC[C@H]1CO1. The lowest BCUT2D eigenvalue weighted by atomic mass is 9.99. The largest absolute Gasteiger partial charge is 0.466 e. The van der Waals surface area contributed by atoms with Crippen LogP contribution in [0.25, 0.3) is 0 Å². The number of ether oxygens (including phenoxy) is 3. The average Bonchev–Trinajstić information content (AvgIpc) is 3.27. The van der Waals surface area contributed by atoms with E-state index in [1.54, 1.807) is 6.92 Å². The van der Waals surface area contributed by atoms with E-state index in [2.05, 4.69) is 0 Å². The van der Waals surface area contributed by atoms with E-state index >= 15 is 0 Å². The van der Waals surface area contributed by atoms with Gasteiger partial charge in [0, 0.05) is 11.4 Å². The zero-order chi connectivity index (χ0) is 15.2. The summed E-state index contributed by atoms with van der Waals surface area (Å²) in [5.41, 5.74) is 2.09. The predicted octanol–water partition coefficient (Wildman–Crippen LogP) is 3.31. The highest BCUT2D eigenvalue weighted by molar-refractivity contribution is 6.30. The summed E-state index contributed by atoms with van der Waals surface area (Å²) in [7, 11) is 0. The number of carbonyl (C=O) groups excluding carboxylic acids is 1. The molecule has 0 spiro atoms. The molecule has 5 heteroatoms. The molecule has 116 valence electrons. The van der Waals surface area contributed by atoms with Crippen molar-refractivity contribution in [3.63, 3.8) is 0 Å². The minimum Gasteiger partial charge on any atom is -0.466 e. The van der Waals surface area contributed by atoms with Gasteiger partial charge in [-0.3, -0.25) is 4.79 Å². The first kappa shape index (κ1) is 16.3. The molecule has 2 atom stereocenters. The zero-order valence-corrected chi connectivity index (χ0v) is 13.2. The van der Waals surface area contributed by atoms with Crippen molar-refractivity contribution in [2.45, 2.75) is 38.9 Å². The Morgan fingerprint density at radius 2 is 2.29 bits per heavy atom. The molecule has 1 fully saturated rings. The van der Waals surface area contributed by atoms with Crippen LogP contribution in [-0.4, -0.2) is 31.9 Å². The second-order valence-corrected chi connectivity index (χ2v) is 5.52. The Morgan fingerprint density at radius 1 is 1.52 bits per heavy atom. The highest BCUT2D eigenvalue weighted by Crippen LogP contribution is 2.26. The summed E-state index contributed by atoms with van der Waals surface area (Å²) in [4.78, 5) is 11.5. The molecule has 1 aromatic rings. The Bertz CT molecular complexity index is 485. The van der Waals surface area contributed by atoms with Crippen molar-refractivity contribution in [2.24, 2.45) is 0 Å².